The molecular formula is C18H18BrNO5. The molecule has 1 unspecified atom stereocenters. The molecule has 0 saturated carbocycles. The van der Waals surface area contributed by atoms with Crippen LogP contribution in [-0.2, 0) is 20.9 Å². The second kappa shape index (κ2) is 9.68. The molecule has 0 aliphatic rings. The Kier molecular flexibility index (Phi) is 7.28. The molecule has 132 valence electrons. The number of ether oxygens (including phenoxy) is 3. The number of rotatable bonds is 7. The summed E-state index contributed by atoms with van der Waals surface area (Å²) in [6, 6.07) is 16.3. The molecule has 0 bridgehead atoms. The van der Waals surface area contributed by atoms with Gasteiger partial charge in [-0.1, -0.05) is 46.3 Å². The number of methoxy groups -OCH3 is 1. The number of benzene rings is 2. The number of esters is 1. The van der Waals surface area contributed by atoms with Gasteiger partial charge < -0.3 is 19.5 Å². The van der Waals surface area contributed by atoms with Gasteiger partial charge in [-0.2, -0.15) is 0 Å². The third-order valence-electron chi connectivity index (χ3n) is 3.20. The van der Waals surface area contributed by atoms with Gasteiger partial charge >= 0.3 is 12.1 Å². The van der Waals surface area contributed by atoms with Crippen LogP contribution in [0.25, 0.3) is 0 Å². The first-order valence-corrected chi connectivity index (χ1v) is 8.32. The first kappa shape index (κ1) is 18.8. The van der Waals surface area contributed by atoms with Gasteiger partial charge in [0.15, 0.2) is 0 Å². The molecule has 0 saturated heterocycles. The van der Waals surface area contributed by atoms with E-state index in [1.807, 2.05) is 30.3 Å². The Morgan fingerprint density at radius 3 is 2.40 bits per heavy atom. The van der Waals surface area contributed by atoms with Crippen LogP contribution in [0.1, 0.15) is 5.56 Å². The Hall–Kier alpha value is -2.54. The van der Waals surface area contributed by atoms with Crippen molar-refractivity contribution >= 4 is 28.0 Å². The lowest BCUT2D eigenvalue weighted by atomic mass is 10.2. The van der Waals surface area contributed by atoms with Crippen molar-refractivity contribution in [2.75, 3.05) is 13.7 Å². The molecule has 0 aliphatic carbocycles. The smallest absolute Gasteiger partial charge is 0.407 e. The summed E-state index contributed by atoms with van der Waals surface area (Å²) in [7, 11) is 1.26. The molecule has 2 aromatic carbocycles. The zero-order valence-corrected chi connectivity index (χ0v) is 15.2. The van der Waals surface area contributed by atoms with Gasteiger partial charge in [0.2, 0.25) is 6.10 Å². The van der Waals surface area contributed by atoms with E-state index < -0.39 is 18.2 Å². The van der Waals surface area contributed by atoms with E-state index in [1.165, 1.54) is 7.11 Å². The fourth-order valence-corrected chi connectivity index (χ4v) is 2.20. The average molecular weight is 408 g/mol. The van der Waals surface area contributed by atoms with Crippen LogP contribution in [0.5, 0.6) is 5.75 Å². The molecular weight excluding hydrogens is 390 g/mol. The van der Waals surface area contributed by atoms with Crippen molar-refractivity contribution < 1.29 is 23.8 Å². The van der Waals surface area contributed by atoms with Crippen LogP contribution >= 0.6 is 15.9 Å². The Balaban J connectivity index is 1.85. The van der Waals surface area contributed by atoms with Crippen LogP contribution in [0.15, 0.2) is 59.1 Å². The van der Waals surface area contributed by atoms with Crippen molar-refractivity contribution in [3.63, 3.8) is 0 Å². The van der Waals surface area contributed by atoms with Gasteiger partial charge in [0.05, 0.1) is 13.7 Å². The normalized spacial score (nSPS) is 11.3. The summed E-state index contributed by atoms with van der Waals surface area (Å²) in [5, 5.41) is 2.50. The summed E-state index contributed by atoms with van der Waals surface area (Å²) in [4.78, 5) is 23.6. The fourth-order valence-electron chi connectivity index (χ4n) is 1.93. The lowest BCUT2D eigenvalue weighted by molar-refractivity contribution is -0.148. The summed E-state index contributed by atoms with van der Waals surface area (Å²) < 4.78 is 16.3. The number of hydrogen-bond acceptors (Lipinski definition) is 5. The van der Waals surface area contributed by atoms with Crippen molar-refractivity contribution in [1.29, 1.82) is 0 Å². The van der Waals surface area contributed by atoms with E-state index in [0.29, 0.717) is 5.75 Å². The number of alkyl carbamates (subject to hydrolysis) is 1. The van der Waals surface area contributed by atoms with Crippen LogP contribution in [-0.4, -0.2) is 31.8 Å². The molecule has 1 atom stereocenters. The van der Waals surface area contributed by atoms with Crippen LogP contribution in [0.3, 0.4) is 0 Å². The molecule has 2 rings (SSSR count). The minimum atomic E-state index is -0.976. The van der Waals surface area contributed by atoms with Crippen molar-refractivity contribution in [2.24, 2.45) is 0 Å². The predicted octanol–water partition coefficient (Wildman–Crippen LogP) is 3.30. The number of halogens is 1. The van der Waals surface area contributed by atoms with Crippen LogP contribution < -0.4 is 10.1 Å². The van der Waals surface area contributed by atoms with Gasteiger partial charge in [0.1, 0.15) is 12.4 Å². The third-order valence-corrected chi connectivity index (χ3v) is 3.73. The highest BCUT2D eigenvalue weighted by Crippen LogP contribution is 2.17. The van der Waals surface area contributed by atoms with Crippen LogP contribution in [0.4, 0.5) is 4.79 Å². The SMILES string of the molecule is COC(=O)C(CNC(=O)OCc1ccccc1)Oc1ccc(Br)cc1. The van der Waals surface area contributed by atoms with E-state index in [-0.39, 0.29) is 13.2 Å². The van der Waals surface area contributed by atoms with Gasteiger partial charge in [-0.05, 0) is 29.8 Å². The number of carbonyl (C=O) groups excluding carboxylic acids is 2. The maximum Gasteiger partial charge on any atom is 0.407 e. The van der Waals surface area contributed by atoms with Gasteiger partial charge in [-0.25, -0.2) is 9.59 Å². The molecule has 0 heterocycles. The predicted molar refractivity (Wildman–Crippen MR) is 95.2 cm³/mol. The molecule has 1 amide bonds. The Morgan fingerprint density at radius 1 is 1.08 bits per heavy atom. The topological polar surface area (TPSA) is 73.9 Å². The minimum Gasteiger partial charge on any atom is -0.477 e. The van der Waals surface area contributed by atoms with Crippen molar-refractivity contribution in [1.82, 2.24) is 5.32 Å². The van der Waals surface area contributed by atoms with Crippen molar-refractivity contribution in [3.8, 4) is 5.75 Å². The zero-order valence-electron chi connectivity index (χ0n) is 13.6. The van der Waals surface area contributed by atoms with Crippen LogP contribution in [0.2, 0.25) is 0 Å². The van der Waals surface area contributed by atoms with Crippen LogP contribution in [0, 0.1) is 0 Å². The highest BCUT2D eigenvalue weighted by Gasteiger charge is 2.22. The summed E-state index contributed by atoms with van der Waals surface area (Å²) in [5.74, 6) is -0.107. The summed E-state index contributed by atoms with van der Waals surface area (Å²) in [6.45, 7) is 0.0689. The van der Waals surface area contributed by atoms with Gasteiger partial charge in [-0.15, -0.1) is 0 Å². The highest BCUT2D eigenvalue weighted by atomic mass is 79.9. The van der Waals surface area contributed by atoms with E-state index in [0.717, 1.165) is 10.0 Å². The first-order chi connectivity index (χ1) is 12.1. The molecule has 6 nitrogen and oxygen atoms in total. The van der Waals surface area contributed by atoms with Gasteiger partial charge in [0.25, 0.3) is 0 Å². The summed E-state index contributed by atoms with van der Waals surface area (Å²) >= 11 is 3.32. The number of amides is 1. The number of nitrogens with one attached hydrogen (secondary N) is 1. The Bertz CT molecular complexity index is 690. The fraction of sp³-hybridized carbons (Fsp3) is 0.222. The Labute approximate surface area is 154 Å². The number of hydrogen-bond donors (Lipinski definition) is 1. The average Bonchev–Trinajstić information content (AvgIpc) is 2.65. The van der Waals surface area contributed by atoms with E-state index >= 15 is 0 Å². The summed E-state index contributed by atoms with van der Waals surface area (Å²) in [5.41, 5.74) is 0.869. The van der Waals surface area contributed by atoms with Gasteiger partial charge in [-0.3, -0.25) is 0 Å². The largest absolute Gasteiger partial charge is 0.477 e. The molecule has 0 fully saturated rings. The Morgan fingerprint density at radius 2 is 1.76 bits per heavy atom. The molecule has 25 heavy (non-hydrogen) atoms. The second-order valence-corrected chi connectivity index (χ2v) is 5.94. The molecule has 0 aliphatic heterocycles. The van der Waals surface area contributed by atoms with Crippen molar-refractivity contribution in [2.45, 2.75) is 12.7 Å². The molecule has 0 radical (unpaired) electrons. The molecule has 1 N–H and O–H groups in total. The zero-order chi connectivity index (χ0) is 18.1. The standard InChI is InChI=1S/C18H18BrNO5/c1-23-17(21)16(25-15-9-7-14(19)8-10-15)11-20-18(22)24-12-13-5-3-2-4-6-13/h2-10,16H,11-12H2,1H3,(H,20,22). The lowest BCUT2D eigenvalue weighted by Crippen LogP contribution is -2.41. The van der Waals surface area contributed by atoms with E-state index in [1.54, 1.807) is 24.3 Å². The first-order valence-electron chi connectivity index (χ1n) is 7.53. The maximum atomic E-state index is 11.8. The van der Waals surface area contributed by atoms with Crippen molar-refractivity contribution in [3.05, 3.63) is 64.6 Å². The molecule has 2 aromatic rings. The van der Waals surface area contributed by atoms with E-state index in [2.05, 4.69) is 21.2 Å². The quantitative estimate of drug-likeness (QED) is 0.712. The van der Waals surface area contributed by atoms with E-state index in [9.17, 15) is 9.59 Å². The molecule has 0 spiro atoms. The number of carbonyl (C=O) groups is 2. The lowest BCUT2D eigenvalue weighted by Gasteiger charge is -2.17. The minimum absolute atomic E-state index is 0.0731. The molecule has 0 aromatic heterocycles. The highest BCUT2D eigenvalue weighted by molar-refractivity contribution is 9.10. The maximum absolute atomic E-state index is 11.8. The second-order valence-electron chi connectivity index (χ2n) is 5.03. The summed E-state index contributed by atoms with van der Waals surface area (Å²) in [6.07, 6.45) is -1.62. The van der Waals surface area contributed by atoms with Gasteiger partial charge in [0, 0.05) is 4.47 Å². The molecule has 7 heteroatoms. The monoisotopic (exact) mass is 407 g/mol. The van der Waals surface area contributed by atoms with E-state index in [4.69, 9.17) is 14.2 Å². The third kappa shape index (κ3) is 6.46.